The number of aliphatic hydroxyl groups is 16. The van der Waals surface area contributed by atoms with Crippen molar-refractivity contribution in [2.75, 3.05) is 39.6 Å². The van der Waals surface area contributed by atoms with Crippen LogP contribution in [0.3, 0.4) is 0 Å². The van der Waals surface area contributed by atoms with E-state index in [2.05, 4.69) is 44.0 Å². The van der Waals surface area contributed by atoms with Crippen molar-refractivity contribution in [3.05, 3.63) is 88.7 Å². The van der Waals surface area contributed by atoms with E-state index in [0.29, 0.717) is 30.8 Å². The Morgan fingerprint density at radius 1 is 0.651 bits per heavy atom. The summed E-state index contributed by atoms with van der Waals surface area (Å²) < 4.78 is 45.4. The summed E-state index contributed by atoms with van der Waals surface area (Å²) in [4.78, 5) is 104. The first-order chi connectivity index (χ1) is 40.6. The highest BCUT2D eigenvalue weighted by Gasteiger charge is 2.56. The number of carbonyl (C=O) groups excluding carboxylic acids is 10. The maximum absolute atomic E-state index is 10.7. The molecule has 86 heavy (non-hydrogen) atoms. The van der Waals surface area contributed by atoms with Crippen LogP contribution in [0.4, 0.5) is 0 Å². The van der Waals surface area contributed by atoms with Crippen molar-refractivity contribution < 1.29 is 177 Å². The van der Waals surface area contributed by atoms with Gasteiger partial charge in [-0.2, -0.15) is 0 Å². The van der Waals surface area contributed by atoms with Gasteiger partial charge in [-0.1, -0.05) is 18.2 Å². The Balaban J connectivity index is 0.000000255. The Labute approximate surface area is 481 Å². The van der Waals surface area contributed by atoms with E-state index in [0.717, 1.165) is 18.8 Å². The summed E-state index contributed by atoms with van der Waals surface area (Å²) in [6.07, 6.45) is -12.8. The van der Waals surface area contributed by atoms with E-state index < -0.39 is 165 Å². The molecule has 1 aromatic heterocycles. The number of esters is 6. The Morgan fingerprint density at radius 2 is 1.28 bits per heavy atom. The lowest BCUT2D eigenvalue weighted by Gasteiger charge is -2.13. The van der Waals surface area contributed by atoms with Gasteiger partial charge in [0.05, 0.1) is 33.0 Å². The van der Waals surface area contributed by atoms with E-state index in [4.69, 9.17) is 90.9 Å². The van der Waals surface area contributed by atoms with Gasteiger partial charge in [0.2, 0.25) is 23.6 Å². The van der Waals surface area contributed by atoms with Crippen LogP contribution in [0, 0.1) is 0 Å². The number of allylic oxidation sites excluding steroid dienone is 1. The van der Waals surface area contributed by atoms with E-state index in [9.17, 15) is 47.9 Å². The second-order valence-corrected chi connectivity index (χ2v) is 17.6. The third-order valence-corrected chi connectivity index (χ3v) is 11.5. The minimum Gasteiger partial charge on any atom is -0.505 e. The predicted octanol–water partition coefficient (Wildman–Crippen LogP) is -7.73. The number of cyclic esters (lactones) is 5. The number of para-hydroxylation sites is 1. The number of ketones is 3. The summed E-state index contributed by atoms with van der Waals surface area (Å²) in [6.45, 7) is 0.751. The monoisotopic (exact) mass is 1240 g/mol. The van der Waals surface area contributed by atoms with Crippen molar-refractivity contribution in [2.24, 2.45) is 0 Å². The molecule has 36 nitrogen and oxygen atoms in total. The van der Waals surface area contributed by atoms with Crippen LogP contribution in [0.15, 0.2) is 76.0 Å². The van der Waals surface area contributed by atoms with Crippen molar-refractivity contribution in [1.29, 1.82) is 0 Å². The number of carbonyl (C=O) groups is 10. The Kier molecular flexibility index (Phi) is 28.9. The summed E-state index contributed by atoms with van der Waals surface area (Å²) in [5, 5.41) is 139. The highest BCUT2D eigenvalue weighted by molar-refractivity contribution is 6.65. The van der Waals surface area contributed by atoms with Gasteiger partial charge in [0.1, 0.15) is 54.4 Å². The summed E-state index contributed by atoms with van der Waals surface area (Å²) in [6, 6.07) is 11.3. The van der Waals surface area contributed by atoms with Crippen molar-refractivity contribution in [3.8, 4) is 5.75 Å². The summed E-state index contributed by atoms with van der Waals surface area (Å²) in [7, 11) is 0. The number of hydrogen-bond acceptors (Lipinski definition) is 36. The van der Waals surface area contributed by atoms with Gasteiger partial charge in [0.15, 0.2) is 73.4 Å². The molecule has 0 spiro atoms. The second-order valence-electron chi connectivity index (χ2n) is 17.6. The minimum atomic E-state index is -1.53. The van der Waals surface area contributed by atoms with Crippen LogP contribution < -0.4 is 4.74 Å². The molecule has 0 bridgehead atoms. The molecule has 476 valence electrons. The fraction of sp³-hybridized carbons (Fsp3) is 0.480. The number of benzene rings is 1. The van der Waals surface area contributed by atoms with Crippen LogP contribution in [0.5, 0.6) is 5.75 Å². The van der Waals surface area contributed by atoms with Crippen LogP contribution in [0.2, 0.25) is 0 Å². The van der Waals surface area contributed by atoms with Crippen LogP contribution >= 0.6 is 0 Å². The molecule has 0 radical (unpaired) electrons. The van der Waals surface area contributed by atoms with Crippen LogP contribution in [0.1, 0.15) is 35.2 Å². The summed E-state index contributed by atoms with van der Waals surface area (Å²) in [5.74, 6) is -7.63. The lowest BCUT2D eigenvalue weighted by Crippen LogP contribution is -2.35. The highest BCUT2D eigenvalue weighted by Crippen LogP contribution is 2.31. The SMILES string of the molecule is CC1=C(O)C(=O)CO1.O=C1C=CC(O)O1.O=C1OC(C(O)CO)C(=O)C1=O.O=C1OC(C(O)CO)C(O)=C1O.O=C1OC(CO)C(O)C1O.O=C1OC2C(O)C(O)OC2C1O.O=C1OCCC1O.O=Cc1ccc(CO)o1.c1ccc2c(c1)CCO2. The maximum atomic E-state index is 10.7. The quantitative estimate of drug-likeness (QED) is 0.0530. The average Bonchev–Trinajstić information content (AvgIpc) is 2.02. The molecule has 36 heteroatoms. The molecule has 9 aliphatic heterocycles. The van der Waals surface area contributed by atoms with Gasteiger partial charge in [-0.15, -0.1) is 0 Å². The zero-order valence-electron chi connectivity index (χ0n) is 44.5. The van der Waals surface area contributed by atoms with Crippen LogP contribution in [0.25, 0.3) is 0 Å². The Hall–Kier alpha value is -8.34. The van der Waals surface area contributed by atoms with Gasteiger partial charge in [-0.25, -0.2) is 28.8 Å². The molecule has 14 unspecified atom stereocenters. The lowest BCUT2D eigenvalue weighted by atomic mass is 10.1. The van der Waals surface area contributed by atoms with E-state index in [-0.39, 0.29) is 30.5 Å². The highest BCUT2D eigenvalue weighted by atomic mass is 16.7. The molecule has 0 aliphatic carbocycles. The molecule has 9 aliphatic rings. The van der Waals surface area contributed by atoms with Gasteiger partial charge in [-0.05, 0) is 36.8 Å². The Morgan fingerprint density at radius 3 is 1.64 bits per heavy atom. The first-order valence-electron chi connectivity index (χ1n) is 24.7. The third kappa shape index (κ3) is 20.4. The van der Waals surface area contributed by atoms with E-state index in [1.165, 1.54) is 23.8 Å². The molecule has 0 saturated carbocycles. The Bertz CT molecular complexity index is 2750. The number of aldehydes is 1. The molecule has 5 saturated heterocycles. The molecular weight excluding hydrogens is 1180 g/mol. The molecule has 14 atom stereocenters. The van der Waals surface area contributed by atoms with Crippen molar-refractivity contribution in [2.45, 2.75) is 112 Å². The first-order valence-corrected chi connectivity index (χ1v) is 24.7. The predicted molar refractivity (Wildman–Crippen MR) is 265 cm³/mol. The topological polar surface area (TPSA) is 591 Å². The van der Waals surface area contributed by atoms with Gasteiger partial charge < -0.3 is 129 Å². The fourth-order valence-corrected chi connectivity index (χ4v) is 6.82. The number of Topliss-reactive ketones (excluding diaryl/α,β-unsaturated/α-hetero) is 3. The number of ether oxygens (including phenoxy) is 9. The third-order valence-electron chi connectivity index (χ3n) is 11.5. The van der Waals surface area contributed by atoms with Gasteiger partial charge >= 0.3 is 41.6 Å². The van der Waals surface area contributed by atoms with Gasteiger partial charge in [-0.3, -0.25) is 19.2 Å². The second kappa shape index (κ2) is 34.6. The number of rotatable bonds is 7. The van der Waals surface area contributed by atoms with Gasteiger partial charge in [0, 0.05) is 18.9 Å². The number of hydrogen-bond donors (Lipinski definition) is 16. The molecular formula is C50H60O36. The smallest absolute Gasteiger partial charge is 0.383 e. The van der Waals surface area contributed by atoms with E-state index >= 15 is 0 Å². The number of aliphatic hydroxyl groups excluding tert-OH is 16. The maximum Gasteiger partial charge on any atom is 0.383 e. The zero-order valence-corrected chi connectivity index (χ0v) is 44.5. The lowest BCUT2D eigenvalue weighted by molar-refractivity contribution is -0.168. The standard InChI is InChI=1S/C8H8O.2C6H8O6.C6H6O6.C6H6O3.C5H8O5.C5H6O3.C4H6O3.C4H4O3/c1-2-4-8-7(3-1)5-6-9-8;7-1-3-4(12-5(1)9)2(8)6(10)11-3;2*7-1-2(8)5-3(9)4(10)6(11)12-5;7-3-5-1-2-6(4-8)9-5;6-1-2-3(7)4(8)5(9)10-2;1-3-5(7)4(6)2-8-3;5-3-1-2-7-4(3)6;5-3-1-2-4(6)7-3/h1-4H,5-6H2;1-5,7-9H;2,5,7-10H,1H2;2,5,7-8H,1H2;1-3,8H,4H2;2-4,6-8H,1H2;7H,2H2,1H3;3,5H,1-2H2;1-3,5H. The fourth-order valence-electron chi connectivity index (χ4n) is 6.82. The molecule has 1 aromatic carbocycles. The minimum absolute atomic E-state index is 0.00231. The molecule has 5 fully saturated rings. The van der Waals surface area contributed by atoms with E-state index in [1.807, 2.05) is 18.2 Å². The number of fused-ring (bicyclic) bond motifs is 2. The van der Waals surface area contributed by atoms with Crippen molar-refractivity contribution in [3.63, 3.8) is 0 Å². The van der Waals surface area contributed by atoms with E-state index in [1.54, 1.807) is 13.0 Å². The molecule has 16 N–H and O–H groups in total. The summed E-state index contributed by atoms with van der Waals surface area (Å²) in [5.41, 5.74) is 1.34. The number of furan rings is 1. The van der Waals surface area contributed by atoms with Crippen molar-refractivity contribution >= 4 is 59.5 Å². The molecule has 2 aromatic rings. The van der Waals surface area contributed by atoms with Crippen LogP contribution in [-0.2, 0) is 94.1 Å². The molecule has 11 rings (SSSR count). The van der Waals surface area contributed by atoms with Crippen molar-refractivity contribution in [1.82, 2.24) is 0 Å². The normalized spacial score (nSPS) is 28.2. The van der Waals surface area contributed by atoms with Crippen LogP contribution in [-0.4, -0.2) is 267 Å². The average molecular weight is 1240 g/mol. The first kappa shape index (κ1) is 71.9. The molecule has 10 heterocycles. The largest absolute Gasteiger partial charge is 0.505 e. The zero-order chi connectivity index (χ0) is 64.7. The summed E-state index contributed by atoms with van der Waals surface area (Å²) >= 11 is 0. The van der Waals surface area contributed by atoms with Gasteiger partial charge in [0.25, 0.3) is 5.78 Å². The molecule has 0 amide bonds.